The molecule has 2 unspecified atom stereocenters. The Balaban J connectivity index is 4.93. The van der Waals surface area contributed by atoms with Gasteiger partial charge in [0.25, 0.3) is 0 Å². The number of esters is 1. The SMILES string of the molecule is COC(=O)C(CC(C)CCO[Si](C(C)C)(C(C)C)C(C)C)NC(=O)OC(C)(C)C. The van der Waals surface area contributed by atoms with E-state index in [-0.39, 0.29) is 5.92 Å². The number of ether oxygens (including phenoxy) is 2. The number of carbonyl (C=O) groups excluding carboxylic acids is 2. The summed E-state index contributed by atoms with van der Waals surface area (Å²) < 4.78 is 16.7. The second-order valence-electron chi connectivity index (χ2n) is 10.0. The molecule has 1 N–H and O–H groups in total. The van der Waals surface area contributed by atoms with Crippen molar-refractivity contribution >= 4 is 20.4 Å². The van der Waals surface area contributed by atoms with Crippen LogP contribution in [0.1, 0.15) is 82.1 Å². The van der Waals surface area contributed by atoms with Gasteiger partial charge in [0.15, 0.2) is 8.32 Å². The van der Waals surface area contributed by atoms with Crippen molar-refractivity contribution in [3.05, 3.63) is 0 Å². The van der Waals surface area contributed by atoms with E-state index in [9.17, 15) is 9.59 Å². The number of hydrogen-bond donors (Lipinski definition) is 1. The van der Waals surface area contributed by atoms with Crippen molar-refractivity contribution in [3.8, 4) is 0 Å². The molecule has 0 saturated heterocycles. The molecule has 2 atom stereocenters. The molecule has 0 aliphatic rings. The quantitative estimate of drug-likeness (QED) is 0.337. The van der Waals surface area contributed by atoms with Gasteiger partial charge in [-0.25, -0.2) is 9.59 Å². The van der Waals surface area contributed by atoms with Crippen molar-refractivity contribution in [2.24, 2.45) is 5.92 Å². The largest absolute Gasteiger partial charge is 0.467 e. The van der Waals surface area contributed by atoms with Crippen molar-refractivity contribution in [2.75, 3.05) is 13.7 Å². The minimum atomic E-state index is -1.90. The van der Waals surface area contributed by atoms with E-state index in [2.05, 4.69) is 53.8 Å². The molecule has 1 amide bonds. The monoisotopic (exact) mass is 431 g/mol. The molecule has 0 aliphatic carbocycles. The van der Waals surface area contributed by atoms with Crippen molar-refractivity contribution in [3.63, 3.8) is 0 Å². The summed E-state index contributed by atoms with van der Waals surface area (Å²) in [6, 6.07) is -0.729. The van der Waals surface area contributed by atoms with Crippen LogP contribution in [0.5, 0.6) is 0 Å². The molecule has 0 saturated carbocycles. The van der Waals surface area contributed by atoms with Crippen LogP contribution in [-0.2, 0) is 18.7 Å². The number of carbonyl (C=O) groups is 2. The van der Waals surface area contributed by atoms with Gasteiger partial charge in [0, 0.05) is 6.61 Å². The molecule has 0 heterocycles. The van der Waals surface area contributed by atoms with Gasteiger partial charge in [0.05, 0.1) is 7.11 Å². The number of methoxy groups -OCH3 is 1. The first kappa shape index (κ1) is 27.9. The number of amides is 1. The molecule has 0 radical (unpaired) electrons. The highest BCUT2D eigenvalue weighted by Crippen LogP contribution is 2.42. The molecule has 0 aromatic carbocycles. The van der Waals surface area contributed by atoms with E-state index in [1.807, 2.05) is 0 Å². The Labute approximate surface area is 179 Å². The summed E-state index contributed by atoms with van der Waals surface area (Å²) >= 11 is 0. The Hall–Kier alpha value is -1.08. The zero-order chi connectivity index (χ0) is 23.0. The minimum Gasteiger partial charge on any atom is -0.467 e. The van der Waals surface area contributed by atoms with Gasteiger partial charge in [-0.3, -0.25) is 0 Å². The lowest BCUT2D eigenvalue weighted by molar-refractivity contribution is -0.143. The predicted octanol–water partition coefficient (Wildman–Crippen LogP) is 5.66. The van der Waals surface area contributed by atoms with Gasteiger partial charge in [-0.15, -0.1) is 0 Å². The molecule has 0 aromatic heterocycles. The summed E-state index contributed by atoms with van der Waals surface area (Å²) in [6.45, 7) is 21.7. The smallest absolute Gasteiger partial charge is 0.408 e. The highest BCUT2D eigenvalue weighted by Gasteiger charge is 2.44. The first-order chi connectivity index (χ1) is 13.2. The lowest BCUT2D eigenvalue weighted by Crippen LogP contribution is -2.48. The highest BCUT2D eigenvalue weighted by molar-refractivity contribution is 6.77. The number of hydrogen-bond acceptors (Lipinski definition) is 5. The summed E-state index contributed by atoms with van der Waals surface area (Å²) in [4.78, 5) is 24.2. The predicted molar refractivity (Wildman–Crippen MR) is 121 cm³/mol. The third-order valence-electron chi connectivity index (χ3n) is 5.48. The Kier molecular flexibility index (Phi) is 11.5. The summed E-state index contributed by atoms with van der Waals surface area (Å²) in [5.74, 6) is -0.272. The zero-order valence-electron chi connectivity index (χ0n) is 20.5. The lowest BCUT2D eigenvalue weighted by atomic mass is 9.99. The van der Waals surface area contributed by atoms with Crippen LogP contribution in [0.15, 0.2) is 0 Å². The molecule has 0 rings (SSSR count). The van der Waals surface area contributed by atoms with Gasteiger partial charge in [-0.05, 0) is 56.2 Å². The number of nitrogens with one attached hydrogen (secondary N) is 1. The fourth-order valence-electron chi connectivity index (χ4n) is 4.26. The maximum atomic E-state index is 12.1. The van der Waals surface area contributed by atoms with Crippen molar-refractivity contribution in [1.29, 1.82) is 0 Å². The maximum Gasteiger partial charge on any atom is 0.408 e. The van der Waals surface area contributed by atoms with Gasteiger partial charge in [-0.1, -0.05) is 48.5 Å². The van der Waals surface area contributed by atoms with E-state index in [1.54, 1.807) is 20.8 Å². The van der Waals surface area contributed by atoms with Gasteiger partial charge in [-0.2, -0.15) is 0 Å². The van der Waals surface area contributed by atoms with Gasteiger partial charge in [0.2, 0.25) is 0 Å². The molecule has 7 heteroatoms. The van der Waals surface area contributed by atoms with Crippen LogP contribution in [-0.4, -0.2) is 45.7 Å². The molecule has 0 spiro atoms. The molecule has 0 aromatic rings. The van der Waals surface area contributed by atoms with E-state index in [4.69, 9.17) is 13.9 Å². The standard InChI is InChI=1S/C22H45NO5Si/c1-15(2)29(16(3)4,17(5)6)27-13-12-18(7)14-19(20(24)26-11)23-21(25)28-22(8,9)10/h15-19H,12-14H2,1-11H3,(H,23,25). The lowest BCUT2D eigenvalue weighted by Gasteiger charge is -2.42. The van der Waals surface area contributed by atoms with E-state index >= 15 is 0 Å². The number of alkyl carbamates (subject to hydrolysis) is 1. The first-order valence-corrected chi connectivity index (χ1v) is 13.0. The van der Waals surface area contributed by atoms with Crippen LogP contribution in [0.25, 0.3) is 0 Å². The highest BCUT2D eigenvalue weighted by atomic mass is 28.4. The molecular weight excluding hydrogens is 386 g/mol. The van der Waals surface area contributed by atoms with Gasteiger partial charge in [0.1, 0.15) is 11.6 Å². The van der Waals surface area contributed by atoms with Crippen molar-refractivity contribution in [2.45, 2.75) is 110 Å². The second-order valence-corrected chi connectivity index (χ2v) is 15.5. The fraction of sp³-hybridized carbons (Fsp3) is 0.909. The fourth-order valence-corrected chi connectivity index (χ4v) is 9.73. The van der Waals surface area contributed by atoms with Crippen LogP contribution < -0.4 is 5.32 Å². The summed E-state index contributed by atoms with van der Waals surface area (Å²) in [5, 5.41) is 2.65. The van der Waals surface area contributed by atoms with E-state index in [1.165, 1.54) is 7.11 Å². The van der Waals surface area contributed by atoms with Gasteiger partial charge < -0.3 is 19.2 Å². The molecule has 29 heavy (non-hydrogen) atoms. The minimum absolute atomic E-state index is 0.187. The van der Waals surface area contributed by atoms with Crippen LogP contribution >= 0.6 is 0 Å². The average molecular weight is 432 g/mol. The van der Waals surface area contributed by atoms with E-state index in [0.29, 0.717) is 29.7 Å². The molecule has 0 fully saturated rings. The molecule has 6 nitrogen and oxygen atoms in total. The molecule has 172 valence electrons. The summed E-state index contributed by atoms with van der Waals surface area (Å²) in [7, 11) is -0.570. The van der Waals surface area contributed by atoms with Crippen molar-refractivity contribution < 1.29 is 23.5 Å². The van der Waals surface area contributed by atoms with E-state index < -0.39 is 32.0 Å². The van der Waals surface area contributed by atoms with Gasteiger partial charge >= 0.3 is 12.1 Å². The maximum absolute atomic E-state index is 12.1. The normalized spacial score (nSPS) is 14.8. The molecular formula is C22H45NO5Si. The Morgan fingerprint density at radius 2 is 1.41 bits per heavy atom. The summed E-state index contributed by atoms with van der Waals surface area (Å²) in [6.07, 6.45) is 0.696. The Bertz CT molecular complexity index is 492. The van der Waals surface area contributed by atoms with Crippen LogP contribution in [0, 0.1) is 5.92 Å². The van der Waals surface area contributed by atoms with Crippen LogP contribution in [0.3, 0.4) is 0 Å². The first-order valence-electron chi connectivity index (χ1n) is 10.9. The Morgan fingerprint density at radius 1 is 0.931 bits per heavy atom. The van der Waals surface area contributed by atoms with E-state index in [0.717, 1.165) is 6.42 Å². The number of rotatable bonds is 11. The topological polar surface area (TPSA) is 73.9 Å². The Morgan fingerprint density at radius 3 is 1.79 bits per heavy atom. The average Bonchev–Trinajstić information content (AvgIpc) is 2.54. The second kappa shape index (κ2) is 11.9. The molecule has 0 bridgehead atoms. The van der Waals surface area contributed by atoms with Crippen LogP contribution in [0.4, 0.5) is 4.79 Å². The third-order valence-corrected chi connectivity index (χ3v) is 11.6. The summed E-state index contributed by atoms with van der Waals surface area (Å²) in [5.41, 5.74) is 0.987. The third kappa shape index (κ3) is 9.07. The van der Waals surface area contributed by atoms with Crippen LogP contribution in [0.2, 0.25) is 16.6 Å². The zero-order valence-corrected chi connectivity index (χ0v) is 21.5. The van der Waals surface area contributed by atoms with Crippen molar-refractivity contribution in [1.82, 2.24) is 5.32 Å². The molecule has 0 aliphatic heterocycles.